The fourth-order valence-corrected chi connectivity index (χ4v) is 1.06. The van der Waals surface area contributed by atoms with Crippen LogP contribution in [0.4, 0.5) is 0 Å². The van der Waals surface area contributed by atoms with E-state index in [1.165, 1.54) is 0 Å². The second-order valence-corrected chi connectivity index (χ2v) is 4.01. The van der Waals surface area contributed by atoms with Gasteiger partial charge in [-0.05, 0) is 13.8 Å². The van der Waals surface area contributed by atoms with Crippen molar-refractivity contribution in [3.8, 4) is 0 Å². The second kappa shape index (κ2) is 5.13. The first-order valence-electron chi connectivity index (χ1n) is 2.87. The molecule has 1 unspecified atom stereocenters. The van der Waals surface area contributed by atoms with Crippen LogP contribution < -0.4 is 23.8 Å². The van der Waals surface area contributed by atoms with Gasteiger partial charge in [0.25, 0.3) is 0 Å². The molecule has 0 saturated heterocycles. The van der Waals surface area contributed by atoms with Crippen molar-refractivity contribution in [2.75, 3.05) is 0 Å². The summed E-state index contributed by atoms with van der Waals surface area (Å²) in [5, 5.41) is 0. The van der Waals surface area contributed by atoms with E-state index in [0.717, 1.165) is 6.92 Å². The SMILES string of the molecule is CC(=O)P(=O)([O-])OC(C)C.[Li+]. The molecule has 0 rings (SSSR count). The van der Waals surface area contributed by atoms with Gasteiger partial charge in [-0.3, -0.25) is 4.79 Å². The molecule has 0 radical (unpaired) electrons. The summed E-state index contributed by atoms with van der Waals surface area (Å²) in [5.74, 6) is 0. The van der Waals surface area contributed by atoms with Gasteiger partial charge in [0.1, 0.15) is 0 Å². The molecule has 0 aromatic heterocycles. The maximum Gasteiger partial charge on any atom is 1.00 e. The van der Waals surface area contributed by atoms with Gasteiger partial charge in [0.2, 0.25) is 13.1 Å². The predicted octanol–water partition coefficient (Wildman–Crippen LogP) is -2.48. The molecule has 0 aliphatic rings. The van der Waals surface area contributed by atoms with Crippen molar-refractivity contribution in [2.24, 2.45) is 0 Å². The van der Waals surface area contributed by atoms with E-state index in [0.29, 0.717) is 0 Å². The molecular weight excluding hydrogens is 162 g/mol. The van der Waals surface area contributed by atoms with Crippen molar-refractivity contribution in [3.05, 3.63) is 0 Å². The smallest absolute Gasteiger partial charge is 0.773 e. The van der Waals surface area contributed by atoms with Gasteiger partial charge in [0.15, 0.2) is 0 Å². The van der Waals surface area contributed by atoms with E-state index in [1.807, 2.05) is 0 Å². The first-order valence-corrected chi connectivity index (χ1v) is 4.41. The van der Waals surface area contributed by atoms with Gasteiger partial charge in [-0.15, -0.1) is 0 Å². The van der Waals surface area contributed by atoms with Crippen molar-refractivity contribution in [2.45, 2.75) is 26.9 Å². The Hall–Kier alpha value is 0.417. The van der Waals surface area contributed by atoms with Crippen molar-refractivity contribution in [1.29, 1.82) is 0 Å². The van der Waals surface area contributed by atoms with Crippen LogP contribution in [0, 0.1) is 0 Å². The molecule has 1 atom stereocenters. The summed E-state index contributed by atoms with van der Waals surface area (Å²) in [4.78, 5) is 20.9. The molecule has 0 aromatic rings. The molecular formula is C5H10LiO4P. The van der Waals surface area contributed by atoms with Crippen molar-refractivity contribution >= 4 is 13.1 Å². The van der Waals surface area contributed by atoms with E-state index in [9.17, 15) is 14.3 Å². The Morgan fingerprint density at radius 2 is 1.91 bits per heavy atom. The normalized spacial score (nSPS) is 15.4. The Labute approximate surface area is 78.0 Å². The monoisotopic (exact) mass is 172 g/mol. The Kier molecular flexibility index (Phi) is 6.52. The Bertz CT molecular complexity index is 179. The molecule has 0 spiro atoms. The minimum absolute atomic E-state index is 0. The van der Waals surface area contributed by atoms with Crippen LogP contribution in [0.3, 0.4) is 0 Å². The van der Waals surface area contributed by atoms with Gasteiger partial charge in [-0.2, -0.15) is 0 Å². The van der Waals surface area contributed by atoms with Crippen LogP contribution >= 0.6 is 7.60 Å². The molecule has 0 N–H and O–H groups in total. The summed E-state index contributed by atoms with van der Waals surface area (Å²) in [6.07, 6.45) is -0.466. The van der Waals surface area contributed by atoms with Gasteiger partial charge in [0, 0.05) is 6.92 Å². The van der Waals surface area contributed by atoms with E-state index in [-0.39, 0.29) is 18.9 Å². The average molecular weight is 172 g/mol. The van der Waals surface area contributed by atoms with Crippen LogP contribution in [0.5, 0.6) is 0 Å². The van der Waals surface area contributed by atoms with Gasteiger partial charge in [-0.1, -0.05) is 0 Å². The molecule has 0 bridgehead atoms. The van der Waals surface area contributed by atoms with Gasteiger partial charge in [-0.25, -0.2) is 0 Å². The number of rotatable bonds is 3. The molecule has 0 fully saturated rings. The second-order valence-electron chi connectivity index (χ2n) is 2.17. The summed E-state index contributed by atoms with van der Waals surface area (Å²) < 4.78 is 14.9. The van der Waals surface area contributed by atoms with Crippen LogP contribution in [0.15, 0.2) is 0 Å². The van der Waals surface area contributed by atoms with Crippen molar-refractivity contribution < 1.29 is 37.6 Å². The standard InChI is InChI=1S/C5H11O4P.Li/c1-4(2)9-10(7,8)5(3)6;/h4H,1-3H3,(H,7,8);/q;+1/p-1. The molecule has 0 aliphatic heterocycles. The molecule has 0 aliphatic carbocycles. The third kappa shape index (κ3) is 5.66. The largest absolute Gasteiger partial charge is 1.00 e. The minimum atomic E-state index is -4.21. The minimum Gasteiger partial charge on any atom is -0.773 e. The summed E-state index contributed by atoms with van der Waals surface area (Å²) >= 11 is 0. The van der Waals surface area contributed by atoms with Crippen LogP contribution in [-0.2, 0) is 13.9 Å². The maximum absolute atomic E-state index is 10.6. The molecule has 60 valence electrons. The zero-order valence-corrected chi connectivity index (χ0v) is 8.05. The molecule has 0 amide bonds. The number of hydrogen-bond acceptors (Lipinski definition) is 4. The third-order valence-electron chi connectivity index (χ3n) is 0.735. The summed E-state index contributed by atoms with van der Waals surface area (Å²) in [5.41, 5.74) is -0.929. The molecule has 4 nitrogen and oxygen atoms in total. The van der Waals surface area contributed by atoms with Gasteiger partial charge < -0.3 is 14.0 Å². The molecule has 0 heterocycles. The fraction of sp³-hybridized carbons (Fsp3) is 0.800. The quantitative estimate of drug-likeness (QED) is 0.349. The van der Waals surface area contributed by atoms with Gasteiger partial charge in [0.05, 0.1) is 6.10 Å². The number of hydrogen-bond donors (Lipinski definition) is 0. The Morgan fingerprint density at radius 1 is 1.55 bits per heavy atom. The maximum atomic E-state index is 10.6. The number of carbonyl (C=O) groups excluding carboxylic acids is 1. The van der Waals surface area contributed by atoms with Crippen molar-refractivity contribution in [1.82, 2.24) is 0 Å². The van der Waals surface area contributed by atoms with Crippen LogP contribution in [-0.4, -0.2) is 11.6 Å². The van der Waals surface area contributed by atoms with Crippen molar-refractivity contribution in [3.63, 3.8) is 0 Å². The van der Waals surface area contributed by atoms with E-state index < -0.39 is 19.2 Å². The summed E-state index contributed by atoms with van der Waals surface area (Å²) in [6.45, 7) is 4.07. The Morgan fingerprint density at radius 3 is 2.00 bits per heavy atom. The first kappa shape index (κ1) is 14.0. The topological polar surface area (TPSA) is 66.4 Å². The number of carbonyl (C=O) groups is 1. The van der Waals surface area contributed by atoms with Gasteiger partial charge >= 0.3 is 18.9 Å². The molecule has 0 saturated carbocycles. The van der Waals surface area contributed by atoms with E-state index in [2.05, 4.69) is 4.52 Å². The fourth-order valence-electron chi connectivity index (χ4n) is 0.352. The van der Waals surface area contributed by atoms with Crippen LogP contribution in [0.25, 0.3) is 0 Å². The zero-order valence-electron chi connectivity index (χ0n) is 7.16. The Balaban J connectivity index is 0. The van der Waals surface area contributed by atoms with E-state index >= 15 is 0 Å². The van der Waals surface area contributed by atoms with Crippen LogP contribution in [0.2, 0.25) is 0 Å². The predicted molar refractivity (Wildman–Crippen MR) is 34.5 cm³/mol. The van der Waals surface area contributed by atoms with Crippen LogP contribution in [0.1, 0.15) is 20.8 Å². The zero-order chi connectivity index (χ0) is 8.36. The molecule has 6 heteroatoms. The summed E-state index contributed by atoms with van der Waals surface area (Å²) in [6, 6.07) is 0. The van der Waals surface area contributed by atoms with E-state index in [1.54, 1.807) is 13.8 Å². The molecule has 11 heavy (non-hydrogen) atoms. The first-order chi connectivity index (χ1) is 4.36. The third-order valence-corrected chi connectivity index (χ3v) is 2.21. The molecule has 0 aromatic carbocycles. The average Bonchev–Trinajstić information content (AvgIpc) is 1.60. The van der Waals surface area contributed by atoms with E-state index in [4.69, 9.17) is 0 Å². The summed E-state index contributed by atoms with van der Waals surface area (Å²) in [7, 11) is -4.21.